The van der Waals surface area contributed by atoms with Gasteiger partial charge in [-0.2, -0.15) is 0 Å². The smallest absolute Gasteiger partial charge is 0.410 e. The molecule has 1 saturated heterocycles. The van der Waals surface area contributed by atoms with E-state index in [4.69, 9.17) is 9.47 Å². The lowest BCUT2D eigenvalue weighted by Gasteiger charge is -2.46. The van der Waals surface area contributed by atoms with Crippen molar-refractivity contribution in [2.75, 3.05) is 13.2 Å². The third-order valence-electron chi connectivity index (χ3n) is 5.48. The molecule has 0 aliphatic carbocycles. The Bertz CT molecular complexity index is 1010. The molecule has 0 saturated carbocycles. The molecule has 8 nitrogen and oxygen atoms in total. The number of aromatic amines is 1. The summed E-state index contributed by atoms with van der Waals surface area (Å²) in [5.74, 6) is 0.559. The summed E-state index contributed by atoms with van der Waals surface area (Å²) < 4.78 is 12.5. The molecule has 0 radical (unpaired) electrons. The Morgan fingerprint density at radius 1 is 1.39 bits per heavy atom. The van der Waals surface area contributed by atoms with E-state index in [0.29, 0.717) is 24.5 Å². The van der Waals surface area contributed by atoms with E-state index in [-0.39, 0.29) is 24.1 Å². The molecule has 2 aliphatic heterocycles. The number of pyridine rings is 1. The first kappa shape index (κ1) is 21.9. The van der Waals surface area contributed by atoms with Crippen molar-refractivity contribution < 1.29 is 19.1 Å². The van der Waals surface area contributed by atoms with E-state index in [1.165, 1.54) is 0 Å². The quantitative estimate of drug-likeness (QED) is 0.579. The van der Waals surface area contributed by atoms with Crippen molar-refractivity contribution in [1.82, 2.24) is 20.2 Å². The summed E-state index contributed by atoms with van der Waals surface area (Å²) in [5.41, 5.74) is 2.80. The number of ether oxygens (including phenoxy) is 2. The highest BCUT2D eigenvalue weighted by atomic mass is 127. The Hall–Kier alpha value is -2.30. The van der Waals surface area contributed by atoms with Gasteiger partial charge in [-0.05, 0) is 62.8 Å². The average molecular weight is 538 g/mol. The minimum absolute atomic E-state index is 0.0545. The van der Waals surface area contributed by atoms with Crippen LogP contribution in [0.4, 0.5) is 4.79 Å². The summed E-state index contributed by atoms with van der Waals surface area (Å²) in [6.45, 7) is 8.57. The Morgan fingerprint density at radius 2 is 2.16 bits per heavy atom. The van der Waals surface area contributed by atoms with Crippen molar-refractivity contribution in [3.8, 4) is 17.0 Å². The Kier molecular flexibility index (Phi) is 5.89. The number of nitrogens with zero attached hydrogens (tertiary/aromatic N) is 2. The minimum atomic E-state index is -0.538. The summed E-state index contributed by atoms with van der Waals surface area (Å²) >= 11 is 2.20. The number of carbonyl (C=O) groups is 2. The third-order valence-corrected chi connectivity index (χ3v) is 6.55. The SMILES string of the molecule is CC1CC(COc2cnccc2-c2[nH]c3c(c2I)C(=O)NCC3)N1C(=O)OC(C)(C)C. The van der Waals surface area contributed by atoms with E-state index in [9.17, 15) is 9.59 Å². The molecular weight excluding hydrogens is 511 g/mol. The van der Waals surface area contributed by atoms with Crippen molar-refractivity contribution >= 4 is 34.6 Å². The number of hydrogen-bond donors (Lipinski definition) is 2. The fourth-order valence-corrected chi connectivity index (χ4v) is 5.04. The topological polar surface area (TPSA) is 96.5 Å². The molecule has 2 aromatic heterocycles. The van der Waals surface area contributed by atoms with Gasteiger partial charge in [0.05, 0.1) is 27.1 Å². The lowest BCUT2D eigenvalue weighted by molar-refractivity contribution is -0.0374. The van der Waals surface area contributed by atoms with Gasteiger partial charge in [0.25, 0.3) is 5.91 Å². The van der Waals surface area contributed by atoms with Crippen LogP contribution in [0.3, 0.4) is 0 Å². The fourth-order valence-electron chi connectivity index (χ4n) is 4.05. The highest BCUT2D eigenvalue weighted by Crippen LogP contribution is 2.36. The molecule has 2 unspecified atom stereocenters. The molecule has 2 atom stereocenters. The van der Waals surface area contributed by atoms with Crippen molar-refractivity contribution in [2.24, 2.45) is 0 Å². The van der Waals surface area contributed by atoms with Crippen LogP contribution in [0.15, 0.2) is 18.5 Å². The summed E-state index contributed by atoms with van der Waals surface area (Å²) in [6, 6.07) is 1.94. The predicted molar refractivity (Wildman–Crippen MR) is 124 cm³/mol. The first-order valence-electron chi connectivity index (χ1n) is 10.4. The standard InChI is InChI=1S/C22H27IN4O4/c1-12-9-13(27(12)21(29)31-22(2,3)4)11-30-16-10-24-7-5-14(16)19-18(23)17-15(26-19)6-8-25-20(17)28/h5,7,10,12-13,26H,6,8-9,11H2,1-4H3,(H,25,28). The summed E-state index contributed by atoms with van der Waals surface area (Å²) in [6.07, 6.45) is 4.68. The molecule has 0 bridgehead atoms. The van der Waals surface area contributed by atoms with Crippen molar-refractivity contribution in [2.45, 2.75) is 58.2 Å². The number of carbonyl (C=O) groups excluding carboxylic acids is 2. The maximum atomic E-state index is 12.5. The molecule has 0 aromatic carbocycles. The lowest BCUT2D eigenvalue weighted by atomic mass is 9.95. The van der Waals surface area contributed by atoms with Crippen LogP contribution in [0.1, 0.15) is 50.2 Å². The molecule has 0 spiro atoms. The first-order valence-corrected chi connectivity index (χ1v) is 11.5. The summed E-state index contributed by atoms with van der Waals surface area (Å²) in [7, 11) is 0. The Balaban J connectivity index is 1.52. The molecule has 2 aromatic rings. The number of rotatable bonds is 4. The molecule has 2 amide bonds. The highest BCUT2D eigenvalue weighted by molar-refractivity contribution is 14.1. The Labute approximate surface area is 195 Å². The second kappa shape index (κ2) is 8.33. The van der Waals surface area contributed by atoms with Gasteiger partial charge in [-0.25, -0.2) is 4.79 Å². The molecular formula is C22H27IN4O4. The zero-order valence-electron chi connectivity index (χ0n) is 18.1. The summed E-state index contributed by atoms with van der Waals surface area (Å²) in [5, 5.41) is 2.89. The van der Waals surface area contributed by atoms with E-state index in [1.807, 2.05) is 33.8 Å². The van der Waals surface area contributed by atoms with Gasteiger partial charge in [-0.15, -0.1) is 0 Å². The number of hydrogen-bond acceptors (Lipinski definition) is 5. The molecule has 4 heterocycles. The van der Waals surface area contributed by atoms with Crippen LogP contribution < -0.4 is 10.1 Å². The summed E-state index contributed by atoms with van der Waals surface area (Å²) in [4.78, 5) is 34.2. The molecule has 9 heteroatoms. The van der Waals surface area contributed by atoms with E-state index in [0.717, 1.165) is 33.4 Å². The maximum Gasteiger partial charge on any atom is 0.410 e. The molecule has 4 rings (SSSR count). The molecule has 31 heavy (non-hydrogen) atoms. The number of halogens is 1. The number of aromatic nitrogens is 2. The van der Waals surface area contributed by atoms with Crippen LogP contribution in [0.2, 0.25) is 0 Å². The number of amides is 2. The van der Waals surface area contributed by atoms with E-state index in [1.54, 1.807) is 17.3 Å². The largest absolute Gasteiger partial charge is 0.489 e. The number of likely N-dealkylation sites (tertiary alicyclic amines) is 1. The van der Waals surface area contributed by atoms with E-state index >= 15 is 0 Å². The minimum Gasteiger partial charge on any atom is -0.489 e. The molecule has 1 fully saturated rings. The number of nitrogens with one attached hydrogen (secondary N) is 2. The molecule has 2 aliphatic rings. The molecule has 166 valence electrons. The first-order chi connectivity index (χ1) is 14.7. The maximum absolute atomic E-state index is 12.5. The number of H-pyrrole nitrogens is 1. The molecule has 2 N–H and O–H groups in total. The van der Waals surface area contributed by atoms with E-state index < -0.39 is 5.60 Å². The van der Waals surface area contributed by atoms with Gasteiger partial charge in [-0.3, -0.25) is 14.7 Å². The highest BCUT2D eigenvalue weighted by Gasteiger charge is 2.41. The van der Waals surface area contributed by atoms with Gasteiger partial charge in [0.2, 0.25) is 0 Å². The van der Waals surface area contributed by atoms with Crippen LogP contribution >= 0.6 is 22.6 Å². The van der Waals surface area contributed by atoms with Gasteiger partial charge in [0.1, 0.15) is 18.0 Å². The number of fused-ring (bicyclic) bond motifs is 1. The van der Waals surface area contributed by atoms with Gasteiger partial charge < -0.3 is 19.8 Å². The van der Waals surface area contributed by atoms with Crippen LogP contribution in [-0.2, 0) is 11.2 Å². The average Bonchev–Trinajstić information content (AvgIpc) is 3.01. The van der Waals surface area contributed by atoms with Crippen molar-refractivity contribution in [1.29, 1.82) is 0 Å². The second-order valence-corrected chi connectivity index (χ2v) is 10.1. The van der Waals surface area contributed by atoms with Gasteiger partial charge in [-0.1, -0.05) is 0 Å². The second-order valence-electron chi connectivity index (χ2n) is 8.98. The fraction of sp³-hybridized carbons (Fsp3) is 0.500. The van der Waals surface area contributed by atoms with Gasteiger partial charge in [0.15, 0.2) is 0 Å². The van der Waals surface area contributed by atoms with Crippen LogP contribution in [-0.4, -0.2) is 57.7 Å². The monoisotopic (exact) mass is 538 g/mol. The zero-order chi connectivity index (χ0) is 22.3. The zero-order valence-corrected chi connectivity index (χ0v) is 20.3. The lowest BCUT2D eigenvalue weighted by Crippen LogP contribution is -2.60. The normalized spacial score (nSPS) is 20.5. The van der Waals surface area contributed by atoms with Crippen LogP contribution in [0, 0.1) is 3.57 Å². The third kappa shape index (κ3) is 4.37. The van der Waals surface area contributed by atoms with Crippen LogP contribution in [0.25, 0.3) is 11.3 Å². The van der Waals surface area contributed by atoms with E-state index in [2.05, 4.69) is 37.9 Å². The van der Waals surface area contributed by atoms with Crippen LogP contribution in [0.5, 0.6) is 5.75 Å². The van der Waals surface area contributed by atoms with Crippen molar-refractivity contribution in [3.05, 3.63) is 33.3 Å². The van der Waals surface area contributed by atoms with Crippen molar-refractivity contribution in [3.63, 3.8) is 0 Å². The Morgan fingerprint density at radius 3 is 2.84 bits per heavy atom. The van der Waals surface area contributed by atoms with Gasteiger partial charge in [0, 0.05) is 36.5 Å². The van der Waals surface area contributed by atoms with Gasteiger partial charge >= 0.3 is 6.09 Å². The predicted octanol–water partition coefficient (Wildman–Crippen LogP) is 3.74.